The van der Waals surface area contributed by atoms with Crippen LogP contribution in [0, 0.1) is 0 Å². The van der Waals surface area contributed by atoms with Crippen molar-refractivity contribution in [1.29, 1.82) is 0 Å². The van der Waals surface area contributed by atoms with Gasteiger partial charge in [-0.15, -0.1) is 0 Å². The zero-order chi connectivity index (χ0) is 20.0. The summed E-state index contributed by atoms with van der Waals surface area (Å²) >= 11 is 12.3. The fourth-order valence-corrected chi connectivity index (χ4v) is 5.69. The van der Waals surface area contributed by atoms with Crippen LogP contribution in [0.2, 0.25) is 10.0 Å². The van der Waals surface area contributed by atoms with Crippen molar-refractivity contribution in [3.63, 3.8) is 0 Å². The second-order valence-electron chi connectivity index (χ2n) is 8.73. The molecule has 3 saturated heterocycles. The van der Waals surface area contributed by atoms with Crippen LogP contribution in [0.25, 0.3) is 0 Å². The van der Waals surface area contributed by atoms with E-state index in [1.54, 1.807) is 0 Å². The van der Waals surface area contributed by atoms with Gasteiger partial charge in [0.15, 0.2) is 0 Å². The van der Waals surface area contributed by atoms with Gasteiger partial charge in [0.1, 0.15) is 5.82 Å². The third kappa shape index (κ3) is 4.00. The fraction of sp³-hybridized carbons (Fsp3) is 0.522. The summed E-state index contributed by atoms with van der Waals surface area (Å²) in [4.78, 5) is 9.78. The molecule has 1 unspecified atom stereocenters. The number of rotatable bonds is 4. The molecule has 4 nitrogen and oxygen atoms in total. The Morgan fingerprint density at radius 3 is 2.45 bits per heavy atom. The molecule has 1 aromatic heterocycles. The van der Waals surface area contributed by atoms with Gasteiger partial charge in [-0.1, -0.05) is 35.3 Å². The Morgan fingerprint density at radius 1 is 1.00 bits per heavy atom. The molecule has 4 fully saturated rings. The summed E-state index contributed by atoms with van der Waals surface area (Å²) in [5.41, 5.74) is 1.33. The van der Waals surface area contributed by atoms with E-state index in [1.807, 2.05) is 30.5 Å². The summed E-state index contributed by atoms with van der Waals surface area (Å²) in [5.74, 6) is 1.03. The second kappa shape index (κ2) is 8.07. The molecule has 0 radical (unpaired) electrons. The van der Waals surface area contributed by atoms with Crippen LogP contribution in [0.4, 0.5) is 5.82 Å². The minimum atomic E-state index is 0.292. The number of hydrogen-bond donors (Lipinski definition) is 0. The van der Waals surface area contributed by atoms with E-state index in [2.05, 4.69) is 33.8 Å². The Labute approximate surface area is 182 Å². The Hall–Kier alpha value is -1.33. The van der Waals surface area contributed by atoms with E-state index in [0.717, 1.165) is 35.4 Å². The largest absolute Gasteiger partial charge is 0.376 e. The lowest BCUT2D eigenvalue weighted by Crippen LogP contribution is -2.67. The number of aromatic nitrogens is 1. The van der Waals surface area contributed by atoms with Gasteiger partial charge in [-0.2, -0.15) is 0 Å². The van der Waals surface area contributed by atoms with Gasteiger partial charge in [-0.05, 0) is 62.4 Å². The molecular weight excluding hydrogens is 405 g/mol. The molecule has 6 heteroatoms. The molecule has 2 aromatic rings. The first-order chi connectivity index (χ1) is 14.1. The average molecular weight is 432 g/mol. The Balaban J connectivity index is 1.29. The lowest BCUT2D eigenvalue weighted by Gasteiger charge is -2.59. The number of nitrogens with zero attached hydrogens (tertiary/aromatic N) is 3. The molecule has 0 N–H and O–H groups in total. The highest BCUT2D eigenvalue weighted by molar-refractivity contribution is 6.31. The van der Waals surface area contributed by atoms with E-state index >= 15 is 0 Å². The normalized spacial score (nSPS) is 32.1. The van der Waals surface area contributed by atoms with Crippen molar-refractivity contribution in [3.8, 4) is 0 Å². The molecule has 1 saturated carbocycles. The topological polar surface area (TPSA) is 28.6 Å². The molecule has 1 aromatic carbocycles. The van der Waals surface area contributed by atoms with Gasteiger partial charge in [0.05, 0.1) is 12.7 Å². The number of halogens is 2. The fourth-order valence-electron chi connectivity index (χ4n) is 5.41. The molecule has 5 atom stereocenters. The van der Waals surface area contributed by atoms with Crippen LogP contribution >= 0.6 is 23.2 Å². The quantitative estimate of drug-likeness (QED) is 0.692. The molecule has 154 valence electrons. The van der Waals surface area contributed by atoms with Crippen LogP contribution in [-0.2, 0) is 11.2 Å². The number of fused-ring (bicyclic) bond motifs is 2. The minimum Gasteiger partial charge on any atom is -0.376 e. The van der Waals surface area contributed by atoms with Crippen molar-refractivity contribution < 1.29 is 4.74 Å². The Bertz CT molecular complexity index is 849. The van der Waals surface area contributed by atoms with E-state index in [0.29, 0.717) is 30.3 Å². The van der Waals surface area contributed by atoms with E-state index in [-0.39, 0.29) is 0 Å². The number of benzene rings is 1. The molecule has 0 amide bonds. The van der Waals surface area contributed by atoms with Gasteiger partial charge >= 0.3 is 0 Å². The number of ether oxygens (including phenoxy) is 1. The Kier molecular flexibility index (Phi) is 5.46. The summed E-state index contributed by atoms with van der Waals surface area (Å²) in [6, 6.07) is 14.3. The maximum atomic E-state index is 6.20. The molecule has 3 aliphatic heterocycles. The number of pyridine rings is 1. The smallest absolute Gasteiger partial charge is 0.130 e. The van der Waals surface area contributed by atoms with E-state index in [4.69, 9.17) is 27.9 Å². The number of hydrogen-bond acceptors (Lipinski definition) is 4. The Morgan fingerprint density at radius 2 is 1.72 bits per heavy atom. The van der Waals surface area contributed by atoms with Crippen molar-refractivity contribution in [2.45, 2.75) is 62.9 Å². The highest BCUT2D eigenvalue weighted by Crippen LogP contribution is 2.43. The molecule has 4 heterocycles. The zero-order valence-corrected chi connectivity index (χ0v) is 18.2. The van der Waals surface area contributed by atoms with E-state index in [9.17, 15) is 0 Å². The first-order valence-corrected chi connectivity index (χ1v) is 11.3. The summed E-state index contributed by atoms with van der Waals surface area (Å²) in [5, 5.41) is 1.56. The predicted octanol–water partition coefficient (Wildman–Crippen LogP) is 4.83. The number of anilines is 1. The van der Waals surface area contributed by atoms with Crippen LogP contribution in [-0.4, -0.2) is 53.3 Å². The molecule has 29 heavy (non-hydrogen) atoms. The van der Waals surface area contributed by atoms with Crippen LogP contribution in [0.3, 0.4) is 0 Å². The van der Waals surface area contributed by atoms with Crippen LogP contribution in [0.15, 0.2) is 42.6 Å². The van der Waals surface area contributed by atoms with Gasteiger partial charge in [0.25, 0.3) is 0 Å². The van der Waals surface area contributed by atoms with Crippen LogP contribution < -0.4 is 4.90 Å². The minimum absolute atomic E-state index is 0.292. The molecule has 6 rings (SSSR count). The molecule has 2 bridgehead atoms. The van der Waals surface area contributed by atoms with E-state index in [1.165, 1.54) is 24.8 Å². The molecule has 1 aliphatic carbocycles. The number of morpholine rings is 1. The predicted molar refractivity (Wildman–Crippen MR) is 118 cm³/mol. The maximum absolute atomic E-state index is 6.20. The summed E-state index contributed by atoms with van der Waals surface area (Å²) < 4.78 is 6.05. The SMILES string of the molecule is C[C@H]1CN(C2C[C@@H]3C[C@H](C2)N3c2cc(Cl)ccn2)[C@@H](Cc2ccc(Cl)cc2)CO1. The summed E-state index contributed by atoms with van der Waals surface area (Å²) in [6.07, 6.45) is 6.76. The molecular formula is C23H27Cl2N3O. The molecule has 0 spiro atoms. The first kappa shape index (κ1) is 19.6. The zero-order valence-electron chi connectivity index (χ0n) is 16.7. The highest BCUT2D eigenvalue weighted by Gasteiger charge is 2.48. The van der Waals surface area contributed by atoms with Gasteiger partial charge in [0, 0.05) is 47.0 Å². The van der Waals surface area contributed by atoms with Crippen molar-refractivity contribution >= 4 is 29.0 Å². The second-order valence-corrected chi connectivity index (χ2v) is 9.61. The monoisotopic (exact) mass is 431 g/mol. The lowest BCUT2D eigenvalue weighted by atomic mass is 9.75. The number of piperidine rings is 1. The van der Waals surface area contributed by atoms with Gasteiger partial charge in [0.2, 0.25) is 0 Å². The third-order valence-electron chi connectivity index (χ3n) is 6.76. The van der Waals surface area contributed by atoms with Gasteiger partial charge < -0.3 is 9.64 Å². The van der Waals surface area contributed by atoms with Crippen molar-refractivity contribution in [2.24, 2.45) is 0 Å². The standard InChI is InChI=1S/C23H27Cl2N3O/c1-15-13-27(22(14-29-15)8-16-2-4-17(24)5-3-16)19-10-20-12-21(11-19)28(20)23-9-18(25)6-7-26-23/h2-7,9,15,19-22H,8,10-14H2,1H3/t15-,19?,20-,21+,22-/m0/s1. The summed E-state index contributed by atoms with van der Waals surface area (Å²) in [6.45, 7) is 4.00. The third-order valence-corrected chi connectivity index (χ3v) is 7.24. The van der Waals surface area contributed by atoms with E-state index < -0.39 is 0 Å². The van der Waals surface area contributed by atoms with Crippen molar-refractivity contribution in [2.75, 3.05) is 18.1 Å². The van der Waals surface area contributed by atoms with Gasteiger partial charge in [-0.3, -0.25) is 4.90 Å². The van der Waals surface area contributed by atoms with Gasteiger partial charge in [-0.25, -0.2) is 4.98 Å². The summed E-state index contributed by atoms with van der Waals surface area (Å²) in [7, 11) is 0. The maximum Gasteiger partial charge on any atom is 0.130 e. The first-order valence-electron chi connectivity index (χ1n) is 10.6. The van der Waals surface area contributed by atoms with Crippen LogP contribution in [0.1, 0.15) is 31.7 Å². The van der Waals surface area contributed by atoms with Crippen LogP contribution in [0.5, 0.6) is 0 Å². The molecule has 4 aliphatic rings. The van der Waals surface area contributed by atoms with Crippen molar-refractivity contribution in [1.82, 2.24) is 9.88 Å². The highest BCUT2D eigenvalue weighted by atomic mass is 35.5. The lowest BCUT2D eigenvalue weighted by molar-refractivity contribution is -0.0835. The van der Waals surface area contributed by atoms with Crippen molar-refractivity contribution in [3.05, 3.63) is 58.2 Å². The average Bonchev–Trinajstić information content (AvgIpc) is 2.71.